The zero-order valence-corrected chi connectivity index (χ0v) is 10.1. The number of rotatable bonds is 7. The molecule has 4 heteroatoms. The van der Waals surface area contributed by atoms with E-state index in [1.54, 1.807) is 0 Å². The fourth-order valence-corrected chi connectivity index (χ4v) is 1.56. The zero-order valence-electron chi connectivity index (χ0n) is 9.32. The molecule has 90 valence electrons. The molecule has 1 rings (SSSR count). The first-order chi connectivity index (χ1) is 6.65. The van der Waals surface area contributed by atoms with Crippen LogP contribution in [0.2, 0.25) is 0 Å². The summed E-state index contributed by atoms with van der Waals surface area (Å²) in [6.07, 6.45) is 4.66. The minimum absolute atomic E-state index is 0. The van der Waals surface area contributed by atoms with Gasteiger partial charge in [-0.05, 0) is 25.2 Å². The number of hydrogen-bond donors (Lipinski definition) is 2. The third kappa shape index (κ3) is 5.50. The molecule has 1 aliphatic rings. The quantitative estimate of drug-likeness (QED) is 0.706. The molecule has 0 aromatic heterocycles. The maximum absolute atomic E-state index is 11.5. The summed E-state index contributed by atoms with van der Waals surface area (Å²) in [5.41, 5.74) is 5.73. The van der Waals surface area contributed by atoms with Gasteiger partial charge in [-0.25, -0.2) is 0 Å². The van der Waals surface area contributed by atoms with E-state index in [1.165, 1.54) is 0 Å². The van der Waals surface area contributed by atoms with E-state index in [4.69, 9.17) is 5.73 Å². The van der Waals surface area contributed by atoms with Crippen molar-refractivity contribution in [1.82, 2.24) is 0 Å². The predicted octanol–water partition coefficient (Wildman–Crippen LogP) is 1.66. The summed E-state index contributed by atoms with van der Waals surface area (Å²) in [6.45, 7) is 2.07. The summed E-state index contributed by atoms with van der Waals surface area (Å²) in [4.78, 5) is 11.5. The van der Waals surface area contributed by atoms with Crippen LogP contribution in [0.25, 0.3) is 0 Å². The van der Waals surface area contributed by atoms with Crippen LogP contribution < -0.4 is 5.73 Å². The second-order valence-electron chi connectivity index (χ2n) is 4.36. The van der Waals surface area contributed by atoms with Crippen molar-refractivity contribution >= 4 is 18.2 Å². The van der Waals surface area contributed by atoms with E-state index in [1.807, 2.05) is 0 Å². The van der Waals surface area contributed by atoms with Crippen molar-refractivity contribution in [2.75, 3.05) is 0 Å². The van der Waals surface area contributed by atoms with Crippen molar-refractivity contribution in [1.29, 1.82) is 0 Å². The first-order valence-electron chi connectivity index (χ1n) is 5.61. The van der Waals surface area contributed by atoms with Gasteiger partial charge in [0, 0.05) is 12.5 Å². The molecule has 2 atom stereocenters. The van der Waals surface area contributed by atoms with Crippen LogP contribution in [0, 0.1) is 5.92 Å². The highest BCUT2D eigenvalue weighted by Crippen LogP contribution is 2.33. The number of Topliss-reactive ketones (excluding diaryl/α,β-unsaturated/α-hetero) is 1. The Labute approximate surface area is 97.8 Å². The summed E-state index contributed by atoms with van der Waals surface area (Å²) in [6, 6.07) is -0.360. The monoisotopic (exact) mass is 235 g/mol. The molecule has 0 aliphatic heterocycles. The molecule has 0 unspecified atom stereocenters. The lowest BCUT2D eigenvalue weighted by Gasteiger charge is -2.17. The minimum atomic E-state index is -0.929. The Morgan fingerprint density at radius 3 is 2.60 bits per heavy atom. The van der Waals surface area contributed by atoms with Crippen molar-refractivity contribution in [3.63, 3.8) is 0 Å². The van der Waals surface area contributed by atoms with E-state index < -0.39 is 6.10 Å². The summed E-state index contributed by atoms with van der Waals surface area (Å²) < 4.78 is 0. The van der Waals surface area contributed by atoms with E-state index in [2.05, 4.69) is 6.92 Å². The lowest BCUT2D eigenvalue weighted by molar-refractivity contribution is -0.128. The largest absolute Gasteiger partial charge is 0.384 e. The lowest BCUT2D eigenvalue weighted by atomic mass is 9.99. The Kier molecular flexibility index (Phi) is 7.14. The SMILES string of the molecule is CCCC[C@H](N)[C@H](O)C(=O)CC1CC1.Cl. The van der Waals surface area contributed by atoms with Crippen LogP contribution in [0.4, 0.5) is 0 Å². The van der Waals surface area contributed by atoms with Crippen LogP contribution in [0.15, 0.2) is 0 Å². The van der Waals surface area contributed by atoms with Gasteiger partial charge in [0.25, 0.3) is 0 Å². The highest BCUT2D eigenvalue weighted by Gasteiger charge is 2.29. The first kappa shape index (κ1) is 14.9. The topological polar surface area (TPSA) is 63.3 Å². The van der Waals surface area contributed by atoms with Crippen LogP contribution in [-0.4, -0.2) is 23.0 Å². The number of unbranched alkanes of at least 4 members (excludes halogenated alkanes) is 1. The summed E-state index contributed by atoms with van der Waals surface area (Å²) in [5, 5.41) is 9.61. The van der Waals surface area contributed by atoms with Gasteiger partial charge in [-0.1, -0.05) is 19.8 Å². The maximum atomic E-state index is 11.5. The van der Waals surface area contributed by atoms with E-state index in [0.29, 0.717) is 12.3 Å². The van der Waals surface area contributed by atoms with Gasteiger partial charge in [0.05, 0.1) is 0 Å². The molecule has 1 fully saturated rings. The van der Waals surface area contributed by atoms with Crippen molar-refractivity contribution in [2.24, 2.45) is 11.7 Å². The molecule has 0 aromatic carbocycles. The van der Waals surface area contributed by atoms with Crippen LogP contribution in [0.1, 0.15) is 45.4 Å². The van der Waals surface area contributed by atoms with E-state index in [9.17, 15) is 9.90 Å². The van der Waals surface area contributed by atoms with Crippen molar-refractivity contribution in [3.8, 4) is 0 Å². The highest BCUT2D eigenvalue weighted by atomic mass is 35.5. The Hall–Kier alpha value is -0.120. The molecule has 0 spiro atoms. The molecule has 0 saturated heterocycles. The fourth-order valence-electron chi connectivity index (χ4n) is 1.56. The highest BCUT2D eigenvalue weighted by molar-refractivity contribution is 5.85. The summed E-state index contributed by atoms with van der Waals surface area (Å²) >= 11 is 0. The Balaban J connectivity index is 0.00000196. The molecule has 3 nitrogen and oxygen atoms in total. The molecule has 15 heavy (non-hydrogen) atoms. The van der Waals surface area contributed by atoms with Gasteiger partial charge >= 0.3 is 0 Å². The summed E-state index contributed by atoms with van der Waals surface area (Å²) in [5.74, 6) is 0.478. The Morgan fingerprint density at radius 2 is 2.13 bits per heavy atom. The molecular formula is C11H22ClNO2. The summed E-state index contributed by atoms with van der Waals surface area (Å²) in [7, 11) is 0. The number of hydrogen-bond acceptors (Lipinski definition) is 3. The van der Waals surface area contributed by atoms with Gasteiger partial charge in [0.15, 0.2) is 5.78 Å². The third-order valence-corrected chi connectivity index (χ3v) is 2.81. The molecule has 0 bridgehead atoms. The van der Waals surface area contributed by atoms with E-state index >= 15 is 0 Å². The second-order valence-corrected chi connectivity index (χ2v) is 4.36. The molecular weight excluding hydrogens is 214 g/mol. The van der Waals surface area contributed by atoms with E-state index in [-0.39, 0.29) is 24.2 Å². The normalized spacial score (nSPS) is 19.1. The number of carbonyl (C=O) groups is 1. The molecule has 0 amide bonds. The number of carbonyl (C=O) groups excluding carboxylic acids is 1. The molecule has 3 N–H and O–H groups in total. The number of aliphatic hydroxyl groups is 1. The molecule has 0 radical (unpaired) electrons. The molecule has 1 aliphatic carbocycles. The Morgan fingerprint density at radius 1 is 1.53 bits per heavy atom. The number of ketones is 1. The molecule has 0 aromatic rings. The van der Waals surface area contributed by atoms with Crippen LogP contribution in [0.5, 0.6) is 0 Å². The van der Waals surface area contributed by atoms with Crippen LogP contribution in [0.3, 0.4) is 0 Å². The van der Waals surface area contributed by atoms with Gasteiger partial charge in [0.2, 0.25) is 0 Å². The van der Waals surface area contributed by atoms with Gasteiger partial charge in [-0.3, -0.25) is 4.79 Å². The third-order valence-electron chi connectivity index (χ3n) is 2.81. The van der Waals surface area contributed by atoms with Gasteiger partial charge in [-0.15, -0.1) is 12.4 Å². The average Bonchev–Trinajstić information content (AvgIpc) is 2.96. The van der Waals surface area contributed by atoms with E-state index in [0.717, 1.165) is 32.1 Å². The van der Waals surface area contributed by atoms with Crippen molar-refractivity contribution in [3.05, 3.63) is 0 Å². The molecule has 1 saturated carbocycles. The van der Waals surface area contributed by atoms with Crippen molar-refractivity contribution in [2.45, 2.75) is 57.6 Å². The fraction of sp³-hybridized carbons (Fsp3) is 0.909. The van der Waals surface area contributed by atoms with Crippen LogP contribution in [-0.2, 0) is 4.79 Å². The first-order valence-corrected chi connectivity index (χ1v) is 5.61. The van der Waals surface area contributed by atoms with Crippen LogP contribution >= 0.6 is 12.4 Å². The molecule has 0 heterocycles. The second kappa shape index (κ2) is 7.20. The lowest BCUT2D eigenvalue weighted by Crippen LogP contribution is -2.40. The standard InChI is InChI=1S/C11H21NO2.ClH/c1-2-3-4-9(12)11(14)10(13)7-8-5-6-8;/h8-9,11,14H,2-7,12H2,1H3;1H/t9-,11-;/m0./s1. The minimum Gasteiger partial charge on any atom is -0.384 e. The number of aliphatic hydroxyl groups excluding tert-OH is 1. The van der Waals surface area contributed by atoms with Gasteiger partial charge < -0.3 is 10.8 Å². The number of nitrogens with two attached hydrogens (primary N) is 1. The Bertz CT molecular complexity index is 195. The zero-order chi connectivity index (χ0) is 10.6. The van der Waals surface area contributed by atoms with Gasteiger partial charge in [-0.2, -0.15) is 0 Å². The average molecular weight is 236 g/mol. The predicted molar refractivity (Wildman–Crippen MR) is 63.1 cm³/mol. The van der Waals surface area contributed by atoms with Gasteiger partial charge in [0.1, 0.15) is 6.10 Å². The van der Waals surface area contributed by atoms with Crippen molar-refractivity contribution < 1.29 is 9.90 Å². The smallest absolute Gasteiger partial charge is 0.163 e. The maximum Gasteiger partial charge on any atom is 0.163 e. The number of halogens is 1.